The van der Waals surface area contributed by atoms with E-state index in [1.54, 1.807) is 7.05 Å². The minimum Gasteiger partial charge on any atom is -0.378 e. The summed E-state index contributed by atoms with van der Waals surface area (Å²) >= 11 is 0. The van der Waals surface area contributed by atoms with Crippen LogP contribution in [0.1, 0.15) is 0 Å². The van der Waals surface area contributed by atoms with Crippen molar-refractivity contribution in [3.63, 3.8) is 0 Å². The van der Waals surface area contributed by atoms with E-state index in [2.05, 4.69) is 10.6 Å². The lowest BCUT2D eigenvalue weighted by Crippen LogP contribution is -2.25. The van der Waals surface area contributed by atoms with Gasteiger partial charge in [-0.15, -0.1) is 0 Å². The lowest BCUT2D eigenvalue weighted by molar-refractivity contribution is -0.115. The van der Waals surface area contributed by atoms with E-state index in [0.717, 1.165) is 11.4 Å². The molecule has 0 heterocycles. The zero-order chi connectivity index (χ0) is 11.3. The average molecular weight is 207 g/mol. The Morgan fingerprint density at radius 3 is 2.73 bits per heavy atom. The summed E-state index contributed by atoms with van der Waals surface area (Å²) in [6.45, 7) is 0.326. The predicted octanol–water partition coefficient (Wildman–Crippen LogP) is 0.910. The molecular formula is C11H17N3O. The Balaban J connectivity index is 2.69. The molecule has 0 fully saturated rings. The molecule has 0 unspecified atom stereocenters. The number of hydrogen-bond acceptors (Lipinski definition) is 3. The highest BCUT2D eigenvalue weighted by Gasteiger charge is 2.01. The van der Waals surface area contributed by atoms with Gasteiger partial charge >= 0.3 is 0 Å². The molecule has 1 aromatic rings. The van der Waals surface area contributed by atoms with Gasteiger partial charge in [0.25, 0.3) is 0 Å². The van der Waals surface area contributed by atoms with Gasteiger partial charge in [0.05, 0.1) is 6.54 Å². The van der Waals surface area contributed by atoms with Gasteiger partial charge in [-0.3, -0.25) is 4.79 Å². The Morgan fingerprint density at radius 1 is 1.40 bits per heavy atom. The van der Waals surface area contributed by atoms with Crippen LogP contribution in [0.5, 0.6) is 0 Å². The number of carbonyl (C=O) groups excluding carboxylic acids is 1. The molecule has 1 amide bonds. The molecule has 0 bridgehead atoms. The molecule has 4 nitrogen and oxygen atoms in total. The number of benzene rings is 1. The van der Waals surface area contributed by atoms with Crippen LogP contribution in [0.25, 0.3) is 0 Å². The molecule has 1 rings (SSSR count). The normalized spacial score (nSPS) is 9.80. The first-order chi connectivity index (χ1) is 7.13. The summed E-state index contributed by atoms with van der Waals surface area (Å²) < 4.78 is 0. The Kier molecular flexibility index (Phi) is 4.12. The van der Waals surface area contributed by atoms with Crippen LogP contribution >= 0.6 is 0 Å². The maximum Gasteiger partial charge on any atom is 0.238 e. The van der Waals surface area contributed by atoms with Gasteiger partial charge in [0.2, 0.25) is 5.91 Å². The second-order valence-electron chi connectivity index (χ2n) is 3.52. The molecule has 15 heavy (non-hydrogen) atoms. The Morgan fingerprint density at radius 2 is 2.13 bits per heavy atom. The summed E-state index contributed by atoms with van der Waals surface area (Å²) in [6, 6.07) is 7.73. The quantitative estimate of drug-likeness (QED) is 0.771. The average Bonchev–Trinajstić information content (AvgIpc) is 2.18. The second-order valence-corrected chi connectivity index (χ2v) is 3.52. The molecule has 0 saturated carbocycles. The first-order valence-corrected chi connectivity index (χ1v) is 4.85. The number of nitrogens with one attached hydrogen (secondary N) is 2. The number of nitrogens with zero attached hydrogens (tertiary/aromatic N) is 1. The third-order valence-electron chi connectivity index (χ3n) is 1.98. The van der Waals surface area contributed by atoms with Crippen molar-refractivity contribution in [1.82, 2.24) is 5.32 Å². The number of carbonyl (C=O) groups is 1. The van der Waals surface area contributed by atoms with Crippen LogP contribution in [-0.2, 0) is 4.79 Å². The molecule has 0 radical (unpaired) electrons. The first kappa shape index (κ1) is 11.5. The first-order valence-electron chi connectivity index (χ1n) is 4.85. The minimum atomic E-state index is -0.0339. The number of rotatable bonds is 4. The topological polar surface area (TPSA) is 44.4 Å². The smallest absolute Gasteiger partial charge is 0.238 e. The maximum absolute atomic E-state index is 11.3. The summed E-state index contributed by atoms with van der Waals surface area (Å²) in [7, 11) is 5.68. The van der Waals surface area contributed by atoms with Gasteiger partial charge in [-0.2, -0.15) is 0 Å². The third-order valence-corrected chi connectivity index (χ3v) is 1.98. The number of likely N-dealkylation sites (N-methyl/N-ethyl adjacent to an activating group) is 1. The molecule has 0 saturated heterocycles. The minimum absolute atomic E-state index is 0.0339. The van der Waals surface area contributed by atoms with Crippen LogP contribution in [0.2, 0.25) is 0 Å². The molecule has 4 heteroatoms. The fourth-order valence-electron chi connectivity index (χ4n) is 1.23. The van der Waals surface area contributed by atoms with Gasteiger partial charge in [-0.05, 0) is 25.2 Å². The highest BCUT2D eigenvalue weighted by atomic mass is 16.1. The summed E-state index contributed by atoms with van der Waals surface area (Å²) in [5, 5.41) is 5.61. The number of hydrogen-bond donors (Lipinski definition) is 2. The zero-order valence-electron chi connectivity index (χ0n) is 9.37. The van der Waals surface area contributed by atoms with Crippen LogP contribution in [0.3, 0.4) is 0 Å². The van der Waals surface area contributed by atoms with Crippen LogP contribution in [0, 0.1) is 0 Å². The fraction of sp³-hybridized carbons (Fsp3) is 0.364. The predicted molar refractivity (Wildman–Crippen MR) is 63.3 cm³/mol. The molecule has 82 valence electrons. The van der Waals surface area contributed by atoms with Gasteiger partial charge in [-0.25, -0.2) is 0 Å². The molecule has 0 aliphatic heterocycles. The van der Waals surface area contributed by atoms with Crippen LogP contribution < -0.4 is 15.5 Å². The summed E-state index contributed by atoms with van der Waals surface area (Å²) in [4.78, 5) is 13.3. The molecule has 2 N–H and O–H groups in total. The maximum atomic E-state index is 11.3. The van der Waals surface area contributed by atoms with E-state index in [-0.39, 0.29) is 5.91 Å². The van der Waals surface area contributed by atoms with E-state index < -0.39 is 0 Å². The highest BCUT2D eigenvalue weighted by molar-refractivity contribution is 5.92. The molecule has 0 aliphatic rings. The Labute approximate surface area is 90.3 Å². The van der Waals surface area contributed by atoms with E-state index in [4.69, 9.17) is 0 Å². The largest absolute Gasteiger partial charge is 0.378 e. The van der Waals surface area contributed by atoms with E-state index in [9.17, 15) is 4.79 Å². The Hall–Kier alpha value is -1.55. The lowest BCUT2D eigenvalue weighted by Gasteiger charge is -2.13. The van der Waals surface area contributed by atoms with E-state index >= 15 is 0 Å². The molecule has 1 aromatic carbocycles. The number of anilines is 2. The molecule has 0 atom stereocenters. The monoisotopic (exact) mass is 207 g/mol. The second kappa shape index (κ2) is 5.36. The van der Waals surface area contributed by atoms with Gasteiger partial charge < -0.3 is 15.5 Å². The van der Waals surface area contributed by atoms with Gasteiger partial charge in [0, 0.05) is 25.5 Å². The summed E-state index contributed by atoms with van der Waals surface area (Å²) in [5.74, 6) is -0.0339. The lowest BCUT2D eigenvalue weighted by atomic mass is 10.2. The number of amides is 1. The molecule has 0 aromatic heterocycles. The zero-order valence-corrected chi connectivity index (χ0v) is 9.37. The fourth-order valence-corrected chi connectivity index (χ4v) is 1.23. The van der Waals surface area contributed by atoms with Crippen LogP contribution in [0.15, 0.2) is 24.3 Å². The summed E-state index contributed by atoms with van der Waals surface area (Å²) in [5.41, 5.74) is 1.89. The Bertz CT molecular complexity index is 336. The van der Waals surface area contributed by atoms with Gasteiger partial charge in [-0.1, -0.05) is 6.07 Å². The van der Waals surface area contributed by atoms with E-state index in [1.807, 2.05) is 43.3 Å². The van der Waals surface area contributed by atoms with E-state index in [0.29, 0.717) is 6.54 Å². The third kappa shape index (κ3) is 3.59. The standard InChI is InChI=1S/C11H17N3O/c1-12-8-11(15)13-9-5-4-6-10(7-9)14(2)3/h4-7,12H,8H2,1-3H3,(H,13,15). The van der Waals surface area contributed by atoms with Crippen molar-refractivity contribution in [3.8, 4) is 0 Å². The van der Waals surface area contributed by atoms with Crippen molar-refractivity contribution in [1.29, 1.82) is 0 Å². The van der Waals surface area contributed by atoms with Crippen molar-refractivity contribution in [2.75, 3.05) is 37.9 Å². The van der Waals surface area contributed by atoms with Crippen LogP contribution in [-0.4, -0.2) is 33.6 Å². The van der Waals surface area contributed by atoms with Crippen molar-refractivity contribution in [2.24, 2.45) is 0 Å². The molecule has 0 spiro atoms. The van der Waals surface area contributed by atoms with Crippen LogP contribution in [0.4, 0.5) is 11.4 Å². The van der Waals surface area contributed by atoms with E-state index in [1.165, 1.54) is 0 Å². The van der Waals surface area contributed by atoms with Gasteiger partial charge in [0.1, 0.15) is 0 Å². The van der Waals surface area contributed by atoms with Crippen molar-refractivity contribution in [3.05, 3.63) is 24.3 Å². The van der Waals surface area contributed by atoms with Gasteiger partial charge in [0.15, 0.2) is 0 Å². The molecular weight excluding hydrogens is 190 g/mol. The summed E-state index contributed by atoms with van der Waals surface area (Å²) in [6.07, 6.45) is 0. The SMILES string of the molecule is CNCC(=O)Nc1cccc(N(C)C)c1. The highest BCUT2D eigenvalue weighted by Crippen LogP contribution is 2.16. The van der Waals surface area contributed by atoms with Crippen molar-refractivity contribution < 1.29 is 4.79 Å². The van der Waals surface area contributed by atoms with Crippen molar-refractivity contribution >= 4 is 17.3 Å². The van der Waals surface area contributed by atoms with Crippen molar-refractivity contribution in [2.45, 2.75) is 0 Å². The molecule has 0 aliphatic carbocycles.